The number of methoxy groups -OCH3 is 2. The lowest BCUT2D eigenvalue weighted by Crippen LogP contribution is -2.42. The van der Waals surface area contributed by atoms with Crippen LogP contribution in [0.3, 0.4) is 0 Å². The monoisotopic (exact) mass is 404 g/mol. The van der Waals surface area contributed by atoms with E-state index in [0.29, 0.717) is 17.9 Å². The molecule has 6 nitrogen and oxygen atoms in total. The molecular weight excluding hydrogens is 376 g/mol. The normalized spacial score (nSPS) is 23.0. The van der Waals surface area contributed by atoms with Crippen molar-refractivity contribution >= 4 is 0 Å². The molecule has 6 heteroatoms. The van der Waals surface area contributed by atoms with E-state index in [2.05, 4.69) is 59.4 Å². The molecule has 1 aliphatic rings. The Morgan fingerprint density at radius 2 is 1.23 bits per heavy atom. The van der Waals surface area contributed by atoms with Crippen LogP contribution in [0.5, 0.6) is 12.0 Å². The van der Waals surface area contributed by atoms with Crippen LogP contribution in [0.15, 0.2) is 42.5 Å². The van der Waals surface area contributed by atoms with Gasteiger partial charge in [0.25, 0.3) is 0 Å². The second kappa shape index (κ2) is 8.38. The molecule has 0 saturated heterocycles. The zero-order chi connectivity index (χ0) is 21.3. The SMILES string of the molecule is CCC1C(c2cc(C)nc(OC)n2)C(c2ccccc2)C1c1cc(C)nc(OC)n1. The molecule has 3 aromatic rings. The second-order valence-electron chi connectivity index (χ2n) is 7.90. The number of aryl methyl sites for hydroxylation is 2. The summed E-state index contributed by atoms with van der Waals surface area (Å²) >= 11 is 0. The first-order chi connectivity index (χ1) is 14.5. The van der Waals surface area contributed by atoms with Crippen LogP contribution in [0.25, 0.3) is 0 Å². The number of aromatic nitrogens is 4. The van der Waals surface area contributed by atoms with Crippen LogP contribution in [0.4, 0.5) is 0 Å². The molecule has 1 aliphatic carbocycles. The predicted octanol–water partition coefficient (Wildman–Crippen LogP) is 4.59. The Morgan fingerprint density at radius 1 is 0.733 bits per heavy atom. The van der Waals surface area contributed by atoms with Gasteiger partial charge in [0.1, 0.15) is 0 Å². The van der Waals surface area contributed by atoms with Crippen molar-refractivity contribution in [2.24, 2.45) is 5.92 Å². The van der Waals surface area contributed by atoms with Crippen molar-refractivity contribution in [1.29, 1.82) is 0 Å². The highest BCUT2D eigenvalue weighted by Gasteiger charge is 2.52. The number of rotatable bonds is 6. The summed E-state index contributed by atoms with van der Waals surface area (Å²) in [7, 11) is 3.23. The molecule has 0 amide bonds. The van der Waals surface area contributed by atoms with Gasteiger partial charge in [0.2, 0.25) is 0 Å². The van der Waals surface area contributed by atoms with Crippen molar-refractivity contribution in [2.75, 3.05) is 14.2 Å². The molecule has 0 N–H and O–H groups in total. The van der Waals surface area contributed by atoms with Gasteiger partial charge in [-0.3, -0.25) is 0 Å². The van der Waals surface area contributed by atoms with E-state index in [-0.39, 0.29) is 17.8 Å². The van der Waals surface area contributed by atoms with Gasteiger partial charge in [0, 0.05) is 29.1 Å². The Kier molecular flexibility index (Phi) is 5.66. The number of hydrogen-bond donors (Lipinski definition) is 0. The molecule has 2 unspecified atom stereocenters. The van der Waals surface area contributed by atoms with Crippen LogP contribution >= 0.6 is 0 Å². The first-order valence-corrected chi connectivity index (χ1v) is 10.4. The van der Waals surface area contributed by atoms with Crippen molar-refractivity contribution < 1.29 is 9.47 Å². The van der Waals surface area contributed by atoms with Crippen molar-refractivity contribution in [3.8, 4) is 12.0 Å². The van der Waals surface area contributed by atoms with E-state index in [1.54, 1.807) is 14.2 Å². The summed E-state index contributed by atoms with van der Waals surface area (Å²) in [5.41, 5.74) is 5.20. The minimum Gasteiger partial charge on any atom is -0.467 e. The largest absolute Gasteiger partial charge is 0.467 e. The van der Waals surface area contributed by atoms with E-state index in [1.807, 2.05) is 13.8 Å². The highest BCUT2D eigenvalue weighted by molar-refractivity contribution is 5.39. The molecule has 156 valence electrons. The van der Waals surface area contributed by atoms with Gasteiger partial charge in [-0.05, 0) is 37.5 Å². The Hall–Kier alpha value is -3.02. The van der Waals surface area contributed by atoms with Crippen LogP contribution < -0.4 is 9.47 Å². The Balaban J connectivity index is 1.83. The fourth-order valence-corrected chi connectivity index (χ4v) is 4.89. The van der Waals surface area contributed by atoms with Crippen LogP contribution in [0, 0.1) is 19.8 Å². The standard InChI is InChI=1S/C24H28N4O2/c1-6-17-21(18-12-14(2)25-23(27-18)29-4)20(16-10-8-7-9-11-16)22(17)19-13-15(3)26-24(28-19)30-5/h7-13,17,20-22H,6H2,1-5H3. The lowest BCUT2D eigenvalue weighted by molar-refractivity contribution is 0.141. The van der Waals surface area contributed by atoms with Crippen molar-refractivity contribution in [3.05, 3.63) is 70.8 Å². The number of benzene rings is 1. The zero-order valence-electron chi connectivity index (χ0n) is 18.2. The van der Waals surface area contributed by atoms with E-state index in [0.717, 1.165) is 29.2 Å². The third-order valence-corrected chi connectivity index (χ3v) is 6.11. The van der Waals surface area contributed by atoms with E-state index >= 15 is 0 Å². The summed E-state index contributed by atoms with van der Waals surface area (Å²) in [4.78, 5) is 18.2. The average molecular weight is 405 g/mol. The second-order valence-corrected chi connectivity index (χ2v) is 7.90. The smallest absolute Gasteiger partial charge is 0.316 e. The van der Waals surface area contributed by atoms with Crippen molar-refractivity contribution in [1.82, 2.24) is 19.9 Å². The van der Waals surface area contributed by atoms with Crippen molar-refractivity contribution in [2.45, 2.75) is 44.9 Å². The minimum absolute atomic E-state index is 0.258. The first kappa shape index (κ1) is 20.3. The number of ether oxygens (including phenoxy) is 2. The third-order valence-electron chi connectivity index (χ3n) is 6.11. The first-order valence-electron chi connectivity index (χ1n) is 10.4. The topological polar surface area (TPSA) is 70.0 Å². The van der Waals surface area contributed by atoms with Gasteiger partial charge in [0.15, 0.2) is 0 Å². The van der Waals surface area contributed by atoms with Crippen LogP contribution in [-0.2, 0) is 0 Å². The number of nitrogens with zero attached hydrogens (tertiary/aromatic N) is 4. The minimum atomic E-state index is 0.258. The van der Waals surface area contributed by atoms with Gasteiger partial charge in [-0.2, -0.15) is 9.97 Å². The summed E-state index contributed by atoms with van der Waals surface area (Å²) in [6.07, 6.45) is 1.02. The Bertz CT molecular complexity index is 963. The maximum Gasteiger partial charge on any atom is 0.316 e. The molecule has 30 heavy (non-hydrogen) atoms. The summed E-state index contributed by atoms with van der Waals surface area (Å²) in [5, 5.41) is 0. The molecule has 1 aromatic carbocycles. The van der Waals surface area contributed by atoms with Crippen LogP contribution in [0.1, 0.15) is 59.4 Å². The van der Waals surface area contributed by atoms with Crippen LogP contribution in [0.2, 0.25) is 0 Å². The van der Waals surface area contributed by atoms with Crippen LogP contribution in [-0.4, -0.2) is 34.2 Å². The van der Waals surface area contributed by atoms with Crippen molar-refractivity contribution in [3.63, 3.8) is 0 Å². The van der Waals surface area contributed by atoms with Gasteiger partial charge in [-0.1, -0.05) is 43.7 Å². The highest BCUT2D eigenvalue weighted by atomic mass is 16.5. The molecule has 2 aromatic heterocycles. The van der Waals surface area contributed by atoms with E-state index < -0.39 is 0 Å². The molecule has 0 aliphatic heterocycles. The predicted molar refractivity (Wildman–Crippen MR) is 115 cm³/mol. The van der Waals surface area contributed by atoms with Gasteiger partial charge in [-0.15, -0.1) is 0 Å². The maximum absolute atomic E-state index is 5.36. The van der Waals surface area contributed by atoms with Gasteiger partial charge in [-0.25, -0.2) is 9.97 Å². The lowest BCUT2D eigenvalue weighted by atomic mass is 9.51. The summed E-state index contributed by atoms with van der Waals surface area (Å²) in [6.45, 7) is 6.21. The Morgan fingerprint density at radius 3 is 1.67 bits per heavy atom. The maximum atomic E-state index is 5.36. The summed E-state index contributed by atoms with van der Waals surface area (Å²) in [6, 6.07) is 15.7. The van der Waals surface area contributed by atoms with Gasteiger partial charge >= 0.3 is 12.0 Å². The fourth-order valence-electron chi connectivity index (χ4n) is 4.89. The molecule has 0 radical (unpaired) electrons. The zero-order valence-corrected chi connectivity index (χ0v) is 18.2. The number of hydrogen-bond acceptors (Lipinski definition) is 6. The quantitative estimate of drug-likeness (QED) is 0.598. The fraction of sp³-hybridized carbons (Fsp3) is 0.417. The molecular formula is C24H28N4O2. The van der Waals surface area contributed by atoms with E-state index in [4.69, 9.17) is 19.4 Å². The highest BCUT2D eigenvalue weighted by Crippen LogP contribution is 2.62. The molecule has 2 heterocycles. The summed E-state index contributed by atoms with van der Waals surface area (Å²) in [5.74, 6) is 1.18. The van der Waals surface area contributed by atoms with E-state index in [1.165, 1.54) is 5.56 Å². The molecule has 0 spiro atoms. The average Bonchev–Trinajstić information content (AvgIpc) is 2.73. The molecule has 4 rings (SSSR count). The Labute approximate surface area is 177 Å². The summed E-state index contributed by atoms with van der Waals surface area (Å²) < 4.78 is 10.7. The van der Waals surface area contributed by atoms with E-state index in [9.17, 15) is 0 Å². The molecule has 1 fully saturated rings. The molecule has 1 saturated carbocycles. The molecule has 2 atom stereocenters. The van der Waals surface area contributed by atoms with Gasteiger partial charge in [0.05, 0.1) is 25.6 Å². The molecule has 0 bridgehead atoms. The van der Waals surface area contributed by atoms with Gasteiger partial charge < -0.3 is 9.47 Å². The third kappa shape index (κ3) is 3.62. The lowest BCUT2D eigenvalue weighted by Gasteiger charge is -2.52.